The number of benzene rings is 2. The summed E-state index contributed by atoms with van der Waals surface area (Å²) in [6.45, 7) is -2.25. The molecule has 134 valence electrons. The van der Waals surface area contributed by atoms with Crippen LogP contribution in [0, 0.1) is 0 Å². The van der Waals surface area contributed by atoms with E-state index in [1.54, 1.807) is 4.90 Å². The number of hydrogen-bond acceptors (Lipinski definition) is 3. The van der Waals surface area contributed by atoms with Crippen LogP contribution in [0.15, 0.2) is 48.5 Å². The zero-order valence-corrected chi connectivity index (χ0v) is 13.9. The molecule has 1 N–H and O–H groups in total. The Morgan fingerprint density at radius 3 is 2.69 bits per heavy atom. The molecule has 1 aromatic heterocycles. The maximum atomic E-state index is 12.9. The van der Waals surface area contributed by atoms with Crippen LogP contribution in [0.5, 0.6) is 5.75 Å². The van der Waals surface area contributed by atoms with Crippen LogP contribution in [0.3, 0.4) is 0 Å². The first kappa shape index (κ1) is 16.5. The minimum absolute atomic E-state index is 0.0341. The molecule has 4 rings (SSSR count). The van der Waals surface area contributed by atoms with E-state index in [1.807, 2.05) is 24.3 Å². The van der Waals surface area contributed by atoms with E-state index in [1.165, 1.54) is 24.3 Å². The summed E-state index contributed by atoms with van der Waals surface area (Å²) in [7, 11) is 0. The number of para-hydroxylation sites is 2. The molecule has 2 aromatic carbocycles. The first-order chi connectivity index (χ1) is 12.6. The fourth-order valence-corrected chi connectivity index (χ4v) is 3.37. The number of hydrogen-bond donors (Lipinski definition) is 1. The van der Waals surface area contributed by atoms with Crippen LogP contribution in [-0.2, 0) is 0 Å². The monoisotopic (exact) mass is 357 g/mol. The van der Waals surface area contributed by atoms with Crippen molar-refractivity contribution in [2.24, 2.45) is 0 Å². The van der Waals surface area contributed by atoms with Gasteiger partial charge in [0.2, 0.25) is 0 Å². The molecule has 1 unspecified atom stereocenters. The van der Waals surface area contributed by atoms with E-state index in [2.05, 4.69) is 14.7 Å². The number of carbonyl (C=O) groups is 1. The van der Waals surface area contributed by atoms with E-state index in [-0.39, 0.29) is 17.7 Å². The van der Waals surface area contributed by atoms with Crippen molar-refractivity contribution in [2.75, 3.05) is 6.54 Å². The second-order valence-electron chi connectivity index (χ2n) is 6.20. The molecule has 1 aliphatic heterocycles. The number of nitrogens with one attached hydrogen (secondary N) is 1. The van der Waals surface area contributed by atoms with Crippen molar-refractivity contribution in [1.82, 2.24) is 14.9 Å². The van der Waals surface area contributed by atoms with Crippen molar-refractivity contribution in [3.63, 3.8) is 0 Å². The number of imidazole rings is 1. The average molecular weight is 357 g/mol. The van der Waals surface area contributed by atoms with Crippen LogP contribution in [0.25, 0.3) is 11.0 Å². The van der Waals surface area contributed by atoms with Gasteiger partial charge in [-0.05, 0) is 49.2 Å². The van der Waals surface area contributed by atoms with Gasteiger partial charge in [0, 0.05) is 12.1 Å². The molecule has 7 heteroatoms. The third kappa shape index (κ3) is 3.12. The van der Waals surface area contributed by atoms with E-state index in [0.717, 1.165) is 29.7 Å². The van der Waals surface area contributed by atoms with Gasteiger partial charge in [-0.1, -0.05) is 12.1 Å². The van der Waals surface area contributed by atoms with Crippen LogP contribution in [0.4, 0.5) is 8.78 Å². The minimum Gasteiger partial charge on any atom is -0.435 e. The molecule has 1 amide bonds. The van der Waals surface area contributed by atoms with Gasteiger partial charge < -0.3 is 14.6 Å². The number of alkyl halides is 2. The number of amides is 1. The Bertz CT molecular complexity index is 891. The highest BCUT2D eigenvalue weighted by molar-refractivity contribution is 5.94. The predicted octanol–water partition coefficient (Wildman–Crippen LogP) is 4.14. The Kier molecular flexibility index (Phi) is 4.28. The van der Waals surface area contributed by atoms with Crippen molar-refractivity contribution >= 4 is 16.9 Å². The first-order valence-corrected chi connectivity index (χ1v) is 8.42. The molecule has 1 aliphatic rings. The Morgan fingerprint density at radius 2 is 1.96 bits per heavy atom. The molecule has 5 nitrogen and oxygen atoms in total. The van der Waals surface area contributed by atoms with Gasteiger partial charge in [-0.3, -0.25) is 4.79 Å². The van der Waals surface area contributed by atoms with E-state index in [0.29, 0.717) is 12.1 Å². The molecule has 3 aromatic rings. The summed E-state index contributed by atoms with van der Waals surface area (Å²) in [6.07, 6.45) is 1.72. The predicted molar refractivity (Wildman–Crippen MR) is 92.2 cm³/mol. The maximum Gasteiger partial charge on any atom is 0.387 e. The van der Waals surface area contributed by atoms with Crippen LogP contribution >= 0.6 is 0 Å². The lowest BCUT2D eigenvalue weighted by Gasteiger charge is -2.23. The summed E-state index contributed by atoms with van der Waals surface area (Å²) in [5.74, 6) is 0.665. The first-order valence-electron chi connectivity index (χ1n) is 8.42. The molecular weight excluding hydrogens is 340 g/mol. The Balaban J connectivity index is 1.56. The number of ether oxygens (including phenoxy) is 1. The van der Waals surface area contributed by atoms with Crippen LogP contribution in [-0.4, -0.2) is 33.9 Å². The number of fused-ring (bicyclic) bond motifs is 1. The maximum absolute atomic E-state index is 12.9. The van der Waals surface area contributed by atoms with Crippen molar-refractivity contribution in [2.45, 2.75) is 25.5 Å². The van der Waals surface area contributed by atoms with Crippen molar-refractivity contribution in [1.29, 1.82) is 0 Å². The number of aromatic amines is 1. The second kappa shape index (κ2) is 6.74. The largest absolute Gasteiger partial charge is 0.435 e. The Labute approximate surface area is 148 Å². The van der Waals surface area contributed by atoms with Gasteiger partial charge >= 0.3 is 6.61 Å². The summed E-state index contributed by atoms with van der Waals surface area (Å²) in [5.41, 5.74) is 2.25. The fourth-order valence-electron chi connectivity index (χ4n) is 3.37. The standard InChI is InChI=1S/C19H17F2N3O2/c20-19(21)26-13-9-7-12(8-10-13)18(25)24-11-3-6-16(24)17-22-14-4-1-2-5-15(14)23-17/h1-2,4-5,7-10,16,19H,3,6,11H2,(H,22,23). The summed E-state index contributed by atoms with van der Waals surface area (Å²) >= 11 is 0. The molecule has 1 saturated heterocycles. The van der Waals surface area contributed by atoms with E-state index in [9.17, 15) is 13.6 Å². The molecule has 0 bridgehead atoms. The molecule has 2 heterocycles. The lowest BCUT2D eigenvalue weighted by Crippen LogP contribution is -2.31. The zero-order valence-electron chi connectivity index (χ0n) is 13.9. The fraction of sp³-hybridized carbons (Fsp3) is 0.263. The van der Waals surface area contributed by atoms with E-state index >= 15 is 0 Å². The number of carbonyl (C=O) groups excluding carboxylic acids is 1. The van der Waals surface area contributed by atoms with E-state index < -0.39 is 6.61 Å². The average Bonchev–Trinajstić information content (AvgIpc) is 3.27. The number of nitrogens with zero attached hydrogens (tertiary/aromatic N) is 2. The van der Waals surface area contributed by atoms with Gasteiger partial charge in [-0.15, -0.1) is 0 Å². The van der Waals surface area contributed by atoms with Gasteiger partial charge in [0.25, 0.3) is 5.91 Å². The Hall–Kier alpha value is -2.96. The number of H-pyrrole nitrogens is 1. The summed E-state index contributed by atoms with van der Waals surface area (Å²) in [4.78, 5) is 22.6. The molecule has 1 atom stereocenters. The summed E-state index contributed by atoms with van der Waals surface area (Å²) in [6, 6.07) is 13.4. The lowest BCUT2D eigenvalue weighted by atomic mass is 10.1. The van der Waals surface area contributed by atoms with Crippen molar-refractivity contribution < 1.29 is 18.3 Å². The minimum atomic E-state index is -2.88. The van der Waals surface area contributed by atoms with Crippen LogP contribution in [0.2, 0.25) is 0 Å². The number of likely N-dealkylation sites (tertiary alicyclic amines) is 1. The zero-order chi connectivity index (χ0) is 18.1. The highest BCUT2D eigenvalue weighted by Gasteiger charge is 2.32. The highest BCUT2D eigenvalue weighted by atomic mass is 19.3. The highest BCUT2D eigenvalue weighted by Crippen LogP contribution is 2.32. The third-order valence-corrected chi connectivity index (χ3v) is 4.56. The number of rotatable bonds is 4. The SMILES string of the molecule is O=C(c1ccc(OC(F)F)cc1)N1CCCC1c1nc2ccccc2[nH]1. The molecule has 0 saturated carbocycles. The molecule has 0 radical (unpaired) electrons. The van der Waals surface area contributed by atoms with Crippen LogP contribution in [0.1, 0.15) is 35.1 Å². The quantitative estimate of drug-likeness (QED) is 0.763. The molecule has 0 spiro atoms. The lowest BCUT2D eigenvalue weighted by molar-refractivity contribution is -0.0498. The smallest absolute Gasteiger partial charge is 0.387 e. The summed E-state index contributed by atoms with van der Waals surface area (Å²) < 4.78 is 28.8. The van der Waals surface area contributed by atoms with E-state index in [4.69, 9.17) is 0 Å². The van der Waals surface area contributed by atoms with Gasteiger partial charge in [0.15, 0.2) is 0 Å². The molecule has 26 heavy (non-hydrogen) atoms. The van der Waals surface area contributed by atoms with Gasteiger partial charge in [0.1, 0.15) is 11.6 Å². The molecular formula is C19H17F2N3O2. The van der Waals surface area contributed by atoms with Crippen molar-refractivity contribution in [3.8, 4) is 5.75 Å². The Morgan fingerprint density at radius 1 is 1.19 bits per heavy atom. The van der Waals surface area contributed by atoms with Gasteiger partial charge in [-0.25, -0.2) is 4.98 Å². The van der Waals surface area contributed by atoms with Gasteiger partial charge in [0.05, 0.1) is 17.1 Å². The number of halogens is 2. The van der Waals surface area contributed by atoms with Crippen molar-refractivity contribution in [3.05, 3.63) is 59.9 Å². The normalized spacial score (nSPS) is 17.2. The molecule has 0 aliphatic carbocycles. The third-order valence-electron chi connectivity index (χ3n) is 4.56. The van der Waals surface area contributed by atoms with Gasteiger partial charge in [-0.2, -0.15) is 8.78 Å². The molecule has 1 fully saturated rings. The van der Waals surface area contributed by atoms with Crippen LogP contribution < -0.4 is 4.74 Å². The second-order valence-corrected chi connectivity index (χ2v) is 6.20. The topological polar surface area (TPSA) is 58.2 Å². The number of aromatic nitrogens is 2. The summed E-state index contributed by atoms with van der Waals surface area (Å²) in [5, 5.41) is 0.